The van der Waals surface area contributed by atoms with Crippen LogP contribution in [-0.2, 0) is 29.5 Å². The third kappa shape index (κ3) is 11.9. The molecule has 2 unspecified atom stereocenters. The van der Waals surface area contributed by atoms with Crippen LogP contribution in [0.1, 0.15) is 96.8 Å². The minimum Gasteiger partial charge on any atom is -0.460 e. The Morgan fingerprint density at radius 1 is 0.862 bits per heavy atom. The monoisotopic (exact) mass is 454 g/mol. The summed E-state index contributed by atoms with van der Waals surface area (Å²) in [6.07, 6.45) is 14.2. The Morgan fingerprint density at radius 2 is 1.31 bits per heavy atom. The highest BCUT2D eigenvalue weighted by Gasteiger charge is 2.47. The van der Waals surface area contributed by atoms with Crippen LogP contribution in [0.25, 0.3) is 0 Å². The van der Waals surface area contributed by atoms with Gasteiger partial charge in [0.25, 0.3) is 10.1 Å². The lowest BCUT2D eigenvalue weighted by Crippen LogP contribution is -2.36. The quantitative estimate of drug-likeness (QED) is 0.212. The largest absolute Gasteiger partial charge is 0.460 e. The van der Waals surface area contributed by atoms with Crippen LogP contribution in [0.3, 0.4) is 0 Å². The Bertz CT molecular complexity index is 671. The fraction of sp³-hybridized carbons (Fsp3) is 0.950. The average Bonchev–Trinajstić information content (AvgIpc) is 2.93. The summed E-state index contributed by atoms with van der Waals surface area (Å²) < 4.78 is 60.0. The fourth-order valence-electron chi connectivity index (χ4n) is 3.69. The van der Waals surface area contributed by atoms with E-state index < -0.39 is 48.8 Å². The Labute approximate surface area is 176 Å². The number of carbonyl (C=O) groups excluding carboxylic acids is 1. The molecule has 1 fully saturated rings. The first kappa shape index (κ1) is 26.4. The minimum atomic E-state index is -4.57. The molecule has 172 valence electrons. The molecule has 7 nitrogen and oxygen atoms in total. The van der Waals surface area contributed by atoms with E-state index in [-0.39, 0.29) is 6.42 Å². The Morgan fingerprint density at radius 3 is 1.76 bits per heavy atom. The summed E-state index contributed by atoms with van der Waals surface area (Å²) in [6.45, 7) is 2.23. The van der Waals surface area contributed by atoms with E-state index in [1.807, 2.05) is 0 Å². The summed E-state index contributed by atoms with van der Waals surface area (Å²) in [5.74, 6) is -1.87. The van der Waals surface area contributed by atoms with Crippen molar-refractivity contribution in [3.8, 4) is 0 Å². The first-order valence-electron chi connectivity index (χ1n) is 11.0. The molecular weight excluding hydrogens is 416 g/mol. The van der Waals surface area contributed by atoms with E-state index in [1.54, 1.807) is 0 Å². The van der Waals surface area contributed by atoms with Gasteiger partial charge < -0.3 is 4.74 Å². The maximum Gasteiger partial charge on any atom is 0.306 e. The summed E-state index contributed by atoms with van der Waals surface area (Å²) in [5.41, 5.74) is 0. The number of unbranched alkanes of at least 4 members (excludes halogenated alkanes) is 12. The lowest BCUT2D eigenvalue weighted by molar-refractivity contribution is -0.147. The number of carbonyl (C=O) groups is 1. The summed E-state index contributed by atoms with van der Waals surface area (Å²) in [6, 6.07) is 0. The lowest BCUT2D eigenvalue weighted by Gasteiger charge is -2.16. The fourth-order valence-corrected chi connectivity index (χ4v) is 7.31. The van der Waals surface area contributed by atoms with Crippen molar-refractivity contribution in [2.24, 2.45) is 0 Å². The summed E-state index contributed by atoms with van der Waals surface area (Å²) in [4.78, 5) is 11.9. The van der Waals surface area contributed by atoms with E-state index in [9.17, 15) is 21.6 Å². The number of esters is 1. The molecule has 0 saturated carbocycles. The third-order valence-electron chi connectivity index (χ3n) is 5.40. The molecule has 1 aliphatic heterocycles. The highest BCUT2D eigenvalue weighted by molar-refractivity contribution is 7.94. The molecule has 0 aromatic heterocycles. The number of rotatable bonds is 16. The van der Waals surface area contributed by atoms with Crippen molar-refractivity contribution in [3.63, 3.8) is 0 Å². The van der Waals surface area contributed by atoms with Gasteiger partial charge in [-0.3, -0.25) is 9.35 Å². The molecule has 0 radical (unpaired) electrons. The van der Waals surface area contributed by atoms with Gasteiger partial charge in [-0.15, -0.1) is 0 Å². The zero-order chi connectivity index (χ0) is 21.8. The molecule has 0 aromatic rings. The van der Waals surface area contributed by atoms with Crippen LogP contribution in [0.4, 0.5) is 0 Å². The van der Waals surface area contributed by atoms with Crippen LogP contribution >= 0.6 is 0 Å². The van der Waals surface area contributed by atoms with Gasteiger partial charge in [-0.05, 0) is 6.42 Å². The normalized spacial score (nSPS) is 21.3. The second-order valence-corrected chi connectivity index (χ2v) is 11.9. The number of ether oxygens (including phenoxy) is 1. The zero-order valence-corrected chi connectivity index (χ0v) is 19.3. The van der Waals surface area contributed by atoms with Gasteiger partial charge in [0, 0.05) is 6.42 Å². The van der Waals surface area contributed by atoms with Crippen molar-refractivity contribution >= 4 is 25.9 Å². The van der Waals surface area contributed by atoms with E-state index in [1.165, 1.54) is 57.8 Å². The topological polar surface area (TPSA) is 115 Å². The first-order chi connectivity index (χ1) is 13.7. The van der Waals surface area contributed by atoms with Crippen molar-refractivity contribution in [1.82, 2.24) is 0 Å². The van der Waals surface area contributed by atoms with Crippen LogP contribution in [-0.4, -0.2) is 50.2 Å². The van der Waals surface area contributed by atoms with Crippen LogP contribution in [0.5, 0.6) is 0 Å². The maximum atomic E-state index is 11.9. The van der Waals surface area contributed by atoms with Crippen LogP contribution < -0.4 is 0 Å². The van der Waals surface area contributed by atoms with Gasteiger partial charge in [0.1, 0.15) is 11.4 Å². The molecule has 1 saturated heterocycles. The Balaban J connectivity index is 2.06. The van der Waals surface area contributed by atoms with Crippen LogP contribution in [0.2, 0.25) is 0 Å². The SMILES string of the molecule is CCCCCCCCCCCCCCCC(=O)OC1CS(=O)(=O)CC1S(=O)(=O)O. The van der Waals surface area contributed by atoms with Crippen molar-refractivity contribution in [1.29, 1.82) is 0 Å². The van der Waals surface area contributed by atoms with Gasteiger partial charge in [-0.1, -0.05) is 84.0 Å². The number of hydrogen-bond donors (Lipinski definition) is 1. The van der Waals surface area contributed by atoms with Crippen molar-refractivity contribution in [2.45, 2.75) is 108 Å². The average molecular weight is 455 g/mol. The third-order valence-corrected chi connectivity index (χ3v) is 8.55. The predicted octanol–water partition coefficient (Wildman–Crippen LogP) is 4.06. The molecule has 9 heteroatoms. The Hall–Kier alpha value is -0.670. The van der Waals surface area contributed by atoms with Crippen molar-refractivity contribution in [3.05, 3.63) is 0 Å². The Kier molecular flexibility index (Phi) is 12.4. The molecule has 0 spiro atoms. The molecule has 1 heterocycles. The highest BCUT2D eigenvalue weighted by atomic mass is 32.2. The lowest BCUT2D eigenvalue weighted by atomic mass is 10.0. The van der Waals surface area contributed by atoms with Crippen molar-refractivity contribution in [2.75, 3.05) is 11.5 Å². The second kappa shape index (κ2) is 13.6. The first-order valence-corrected chi connectivity index (χ1v) is 14.3. The van der Waals surface area contributed by atoms with Gasteiger partial charge in [0.2, 0.25) is 0 Å². The van der Waals surface area contributed by atoms with E-state index in [4.69, 9.17) is 9.29 Å². The molecule has 1 rings (SSSR count). The van der Waals surface area contributed by atoms with E-state index in [0.717, 1.165) is 19.3 Å². The molecule has 29 heavy (non-hydrogen) atoms. The molecule has 2 atom stereocenters. The molecule has 0 amide bonds. The summed E-state index contributed by atoms with van der Waals surface area (Å²) in [5, 5.41) is -1.58. The standard InChI is InChI=1S/C20H38O7S2/c1-2-3-4-5-6-7-8-9-10-11-12-13-14-15-20(21)27-18-16-28(22,23)17-19(18)29(24,25)26/h18-19H,2-17H2,1H3,(H,24,25,26). The minimum absolute atomic E-state index is 0.131. The van der Waals surface area contributed by atoms with Gasteiger partial charge >= 0.3 is 5.97 Å². The van der Waals surface area contributed by atoms with Gasteiger partial charge in [0.15, 0.2) is 9.84 Å². The van der Waals surface area contributed by atoms with Crippen LogP contribution in [0.15, 0.2) is 0 Å². The van der Waals surface area contributed by atoms with E-state index >= 15 is 0 Å². The maximum absolute atomic E-state index is 11.9. The zero-order valence-electron chi connectivity index (χ0n) is 17.7. The molecular formula is C20H38O7S2. The van der Waals surface area contributed by atoms with Gasteiger partial charge in [0.05, 0.1) is 11.5 Å². The van der Waals surface area contributed by atoms with Gasteiger partial charge in [-0.2, -0.15) is 8.42 Å². The van der Waals surface area contributed by atoms with E-state index in [0.29, 0.717) is 6.42 Å². The smallest absolute Gasteiger partial charge is 0.306 e. The van der Waals surface area contributed by atoms with Crippen molar-refractivity contribution < 1.29 is 30.9 Å². The summed E-state index contributed by atoms with van der Waals surface area (Å²) >= 11 is 0. The molecule has 0 aromatic carbocycles. The predicted molar refractivity (Wildman–Crippen MR) is 114 cm³/mol. The molecule has 1 N–H and O–H groups in total. The van der Waals surface area contributed by atoms with Crippen LogP contribution in [0, 0.1) is 0 Å². The molecule has 1 aliphatic rings. The molecule has 0 aliphatic carbocycles. The second-order valence-electron chi connectivity index (χ2n) is 8.15. The highest BCUT2D eigenvalue weighted by Crippen LogP contribution is 2.23. The summed E-state index contributed by atoms with van der Waals surface area (Å²) in [7, 11) is -8.21. The number of hydrogen-bond acceptors (Lipinski definition) is 6. The number of sulfone groups is 1. The van der Waals surface area contributed by atoms with Gasteiger partial charge in [-0.25, -0.2) is 8.42 Å². The molecule has 0 bridgehead atoms. The van der Waals surface area contributed by atoms with E-state index in [2.05, 4.69) is 6.92 Å².